The molecule has 0 saturated heterocycles. The maximum atomic E-state index is 5.91. The molecule has 0 aliphatic heterocycles. The second-order valence-electron chi connectivity index (χ2n) is 6.62. The Kier molecular flexibility index (Phi) is 2.48. The zero-order valence-corrected chi connectivity index (χ0v) is 11.6. The summed E-state index contributed by atoms with van der Waals surface area (Å²) < 4.78 is 2.15. The quantitative estimate of drug-likeness (QED) is 0.770. The van der Waals surface area contributed by atoms with E-state index in [1.165, 1.54) is 37.9 Å². The fraction of sp³-hybridized carbons (Fsp3) is 0.857. The van der Waals surface area contributed by atoms with E-state index in [0.29, 0.717) is 11.8 Å². The molecule has 4 aliphatic rings. The van der Waals surface area contributed by atoms with Gasteiger partial charge in [0.2, 0.25) is 0 Å². The molecule has 98 valence electrons. The smallest absolute Gasteiger partial charge is 0.147 e. The normalized spacial score (nSPS) is 41.6. The van der Waals surface area contributed by atoms with Crippen LogP contribution in [0.1, 0.15) is 49.7 Å². The van der Waals surface area contributed by atoms with Crippen LogP contribution in [0, 0.1) is 23.7 Å². The minimum Gasteiger partial charge on any atom is -0.317 e. The van der Waals surface area contributed by atoms with Gasteiger partial charge in [-0.1, -0.05) is 0 Å². The fourth-order valence-corrected chi connectivity index (χ4v) is 5.36. The van der Waals surface area contributed by atoms with Gasteiger partial charge in [-0.3, -0.25) is 0 Å². The van der Waals surface area contributed by atoms with Crippen molar-refractivity contribution >= 4 is 11.6 Å². The largest absolute Gasteiger partial charge is 0.317 e. The van der Waals surface area contributed by atoms with Crippen LogP contribution in [-0.4, -0.2) is 14.8 Å². The van der Waals surface area contributed by atoms with Crippen LogP contribution in [0.4, 0.5) is 0 Å². The third kappa shape index (κ3) is 1.49. The Morgan fingerprint density at radius 2 is 1.67 bits per heavy atom. The third-order valence-corrected chi connectivity index (χ3v) is 5.88. The number of nitrogens with zero attached hydrogens (tertiary/aromatic N) is 3. The van der Waals surface area contributed by atoms with E-state index in [1.54, 1.807) is 0 Å². The molecular formula is C14H20ClN3. The highest BCUT2D eigenvalue weighted by Crippen LogP contribution is 2.59. The van der Waals surface area contributed by atoms with Gasteiger partial charge in [0.15, 0.2) is 0 Å². The van der Waals surface area contributed by atoms with Crippen molar-refractivity contribution in [2.24, 2.45) is 30.7 Å². The Hall–Kier alpha value is -0.570. The first-order valence-electron chi connectivity index (χ1n) is 7.20. The van der Waals surface area contributed by atoms with Crippen LogP contribution < -0.4 is 0 Å². The first-order chi connectivity index (χ1) is 8.76. The molecule has 0 amide bonds. The molecule has 18 heavy (non-hydrogen) atoms. The second-order valence-corrected chi connectivity index (χ2v) is 6.89. The van der Waals surface area contributed by atoms with E-state index in [0.717, 1.165) is 29.5 Å². The van der Waals surface area contributed by atoms with Gasteiger partial charge in [-0.2, -0.15) is 0 Å². The molecule has 1 aromatic rings. The topological polar surface area (TPSA) is 30.7 Å². The highest BCUT2D eigenvalue weighted by molar-refractivity contribution is 6.16. The van der Waals surface area contributed by atoms with Gasteiger partial charge >= 0.3 is 0 Å². The summed E-state index contributed by atoms with van der Waals surface area (Å²) in [7, 11) is 2.08. The summed E-state index contributed by atoms with van der Waals surface area (Å²) in [5.41, 5.74) is 0. The van der Waals surface area contributed by atoms with Gasteiger partial charge in [-0.15, -0.1) is 21.8 Å². The SMILES string of the molecule is Cn1c(CCl)nnc1C1C2CC3CC(C2)CC1C3. The average molecular weight is 266 g/mol. The standard InChI is InChI=1S/C14H20ClN3/c1-18-12(7-15)16-17-14(18)13-10-3-8-2-9(5-10)6-11(13)4-8/h8-11,13H,2-7H2,1H3. The predicted molar refractivity (Wildman–Crippen MR) is 70.3 cm³/mol. The van der Waals surface area contributed by atoms with Crippen molar-refractivity contribution < 1.29 is 0 Å². The first-order valence-corrected chi connectivity index (χ1v) is 7.73. The number of rotatable bonds is 2. The number of alkyl halides is 1. The van der Waals surface area contributed by atoms with Crippen LogP contribution in [0.2, 0.25) is 0 Å². The lowest BCUT2D eigenvalue weighted by Gasteiger charge is -2.53. The Labute approximate surface area is 113 Å². The fourth-order valence-electron chi connectivity index (χ4n) is 5.13. The molecule has 0 spiro atoms. The van der Waals surface area contributed by atoms with Crippen molar-refractivity contribution in [1.29, 1.82) is 0 Å². The van der Waals surface area contributed by atoms with E-state index in [9.17, 15) is 0 Å². The van der Waals surface area contributed by atoms with Crippen molar-refractivity contribution in [3.8, 4) is 0 Å². The molecule has 4 bridgehead atoms. The number of aromatic nitrogens is 3. The molecule has 5 rings (SSSR count). The highest BCUT2D eigenvalue weighted by atomic mass is 35.5. The summed E-state index contributed by atoms with van der Waals surface area (Å²) in [5, 5.41) is 8.71. The molecule has 0 N–H and O–H groups in total. The minimum absolute atomic E-state index is 0.469. The van der Waals surface area contributed by atoms with Gasteiger partial charge in [0.25, 0.3) is 0 Å². The van der Waals surface area contributed by atoms with Gasteiger partial charge in [0.1, 0.15) is 11.6 Å². The zero-order valence-electron chi connectivity index (χ0n) is 10.8. The molecule has 0 radical (unpaired) electrons. The van der Waals surface area contributed by atoms with E-state index < -0.39 is 0 Å². The Morgan fingerprint density at radius 1 is 1.06 bits per heavy atom. The average Bonchev–Trinajstić information content (AvgIpc) is 2.70. The predicted octanol–water partition coefficient (Wildman–Crippen LogP) is 3.09. The second kappa shape index (κ2) is 3.96. The lowest BCUT2D eigenvalue weighted by Crippen LogP contribution is -2.44. The summed E-state index contributed by atoms with van der Waals surface area (Å²) in [4.78, 5) is 0. The number of hydrogen-bond donors (Lipinski definition) is 0. The van der Waals surface area contributed by atoms with E-state index in [2.05, 4.69) is 21.8 Å². The molecule has 0 aromatic carbocycles. The van der Waals surface area contributed by atoms with Crippen molar-refractivity contribution in [3.63, 3.8) is 0 Å². The van der Waals surface area contributed by atoms with Crippen LogP contribution in [0.3, 0.4) is 0 Å². The highest BCUT2D eigenvalue weighted by Gasteiger charge is 2.50. The van der Waals surface area contributed by atoms with Crippen LogP contribution >= 0.6 is 11.6 Å². The molecule has 3 nitrogen and oxygen atoms in total. The molecule has 1 aromatic heterocycles. The van der Waals surface area contributed by atoms with Crippen LogP contribution in [0.5, 0.6) is 0 Å². The first kappa shape index (κ1) is 11.3. The Bertz CT molecular complexity index is 440. The minimum atomic E-state index is 0.469. The van der Waals surface area contributed by atoms with Crippen molar-refractivity contribution in [1.82, 2.24) is 14.8 Å². The molecule has 1 heterocycles. The van der Waals surface area contributed by atoms with Crippen molar-refractivity contribution in [2.45, 2.75) is 43.9 Å². The molecule has 4 saturated carbocycles. The van der Waals surface area contributed by atoms with Gasteiger partial charge < -0.3 is 4.57 Å². The monoisotopic (exact) mass is 265 g/mol. The van der Waals surface area contributed by atoms with Crippen molar-refractivity contribution in [2.75, 3.05) is 0 Å². The number of halogens is 1. The van der Waals surface area contributed by atoms with Crippen molar-refractivity contribution in [3.05, 3.63) is 11.6 Å². The van der Waals surface area contributed by atoms with E-state index in [4.69, 9.17) is 11.6 Å². The van der Waals surface area contributed by atoms with E-state index in [-0.39, 0.29) is 0 Å². The summed E-state index contributed by atoms with van der Waals surface area (Å²) in [6.07, 6.45) is 7.23. The number of hydrogen-bond acceptors (Lipinski definition) is 2. The summed E-state index contributed by atoms with van der Waals surface area (Å²) in [5.74, 6) is 7.03. The lowest BCUT2D eigenvalue weighted by atomic mass is 9.51. The molecule has 4 heteroatoms. The Balaban J connectivity index is 1.70. The molecule has 0 atom stereocenters. The maximum absolute atomic E-state index is 5.91. The molecule has 4 fully saturated rings. The van der Waals surface area contributed by atoms with Gasteiger partial charge in [-0.25, -0.2) is 0 Å². The Morgan fingerprint density at radius 3 is 2.17 bits per heavy atom. The lowest BCUT2D eigenvalue weighted by molar-refractivity contribution is -0.00664. The van der Waals surface area contributed by atoms with Crippen LogP contribution in [-0.2, 0) is 12.9 Å². The zero-order chi connectivity index (χ0) is 12.3. The summed E-state index contributed by atoms with van der Waals surface area (Å²) >= 11 is 5.91. The van der Waals surface area contributed by atoms with E-state index >= 15 is 0 Å². The van der Waals surface area contributed by atoms with Gasteiger partial charge in [-0.05, 0) is 55.8 Å². The summed E-state index contributed by atoms with van der Waals surface area (Å²) in [6.45, 7) is 0. The summed E-state index contributed by atoms with van der Waals surface area (Å²) in [6, 6.07) is 0. The molecule has 4 aliphatic carbocycles. The van der Waals surface area contributed by atoms with Crippen LogP contribution in [0.15, 0.2) is 0 Å². The van der Waals surface area contributed by atoms with Crippen LogP contribution in [0.25, 0.3) is 0 Å². The van der Waals surface area contributed by atoms with Gasteiger partial charge in [0, 0.05) is 13.0 Å². The molecular weight excluding hydrogens is 246 g/mol. The van der Waals surface area contributed by atoms with Gasteiger partial charge in [0.05, 0.1) is 5.88 Å². The third-order valence-electron chi connectivity index (χ3n) is 5.64. The molecule has 0 unspecified atom stereocenters. The maximum Gasteiger partial charge on any atom is 0.147 e. The van der Waals surface area contributed by atoms with E-state index in [1.807, 2.05) is 0 Å².